The zero-order valence-electron chi connectivity index (χ0n) is 27.2. The molecule has 1 fully saturated rings. The molecule has 6 N–H and O–H groups in total. The molecular formula is C34H65NO8. The molecular weight excluding hydrogens is 550 g/mol. The lowest BCUT2D eigenvalue weighted by molar-refractivity contribution is -0.302. The van der Waals surface area contributed by atoms with E-state index >= 15 is 0 Å². The minimum atomic E-state index is -1.55. The van der Waals surface area contributed by atoms with Gasteiger partial charge < -0.3 is 40.3 Å². The largest absolute Gasteiger partial charge is 0.394 e. The molecule has 0 spiro atoms. The molecule has 0 saturated carbocycles. The van der Waals surface area contributed by atoms with Gasteiger partial charge in [-0.3, -0.25) is 4.79 Å². The summed E-state index contributed by atoms with van der Waals surface area (Å²) in [6, 6.07) is -0.714. The average molecular weight is 616 g/mol. The van der Waals surface area contributed by atoms with Gasteiger partial charge in [0.2, 0.25) is 5.91 Å². The first-order chi connectivity index (χ1) is 20.8. The molecule has 9 heteroatoms. The van der Waals surface area contributed by atoms with Crippen molar-refractivity contribution < 1.29 is 39.8 Å². The Hall–Kier alpha value is -1.07. The Morgan fingerprint density at radius 1 is 0.767 bits per heavy atom. The van der Waals surface area contributed by atoms with Gasteiger partial charge in [0.15, 0.2) is 6.29 Å². The van der Waals surface area contributed by atoms with E-state index in [4.69, 9.17) is 9.47 Å². The van der Waals surface area contributed by atoms with Gasteiger partial charge in [-0.1, -0.05) is 109 Å². The summed E-state index contributed by atoms with van der Waals surface area (Å²) in [5, 5.41) is 53.4. The summed E-state index contributed by atoms with van der Waals surface area (Å²) in [5.74, 6) is -0.164. The zero-order valence-corrected chi connectivity index (χ0v) is 27.2. The summed E-state index contributed by atoms with van der Waals surface area (Å²) in [4.78, 5) is 12.7. The minimum Gasteiger partial charge on any atom is -0.394 e. The number of nitrogens with one attached hydrogen (secondary N) is 1. The Kier molecular flexibility index (Phi) is 24.3. The van der Waals surface area contributed by atoms with Gasteiger partial charge in [0.05, 0.1) is 25.4 Å². The van der Waals surface area contributed by atoms with Crippen molar-refractivity contribution in [1.82, 2.24) is 5.32 Å². The van der Waals surface area contributed by atoms with E-state index in [2.05, 4.69) is 31.3 Å². The number of hydrogen-bond donors (Lipinski definition) is 6. The first-order valence-corrected chi connectivity index (χ1v) is 17.4. The molecule has 9 nitrogen and oxygen atoms in total. The standard InChI is InChI=1S/C34H65NO8/c1-3-5-7-9-10-11-12-13-14-15-16-17-18-19-20-22-24-30(38)35-27(28(37)23-21-8-6-4-2)26-42-34-33(41)32(40)31(39)29(25-36)43-34/h14-15,27-29,31-34,36-37,39-41H,3-13,16-26H2,1-2H3,(H,35,38)/b15-14-. The Morgan fingerprint density at radius 2 is 1.30 bits per heavy atom. The summed E-state index contributed by atoms with van der Waals surface area (Å²) in [6.45, 7) is 3.67. The van der Waals surface area contributed by atoms with Crippen LogP contribution in [0.1, 0.15) is 142 Å². The molecule has 0 bridgehead atoms. The van der Waals surface area contributed by atoms with E-state index < -0.39 is 49.5 Å². The third-order valence-electron chi connectivity index (χ3n) is 8.37. The fourth-order valence-corrected chi connectivity index (χ4v) is 5.45. The highest BCUT2D eigenvalue weighted by molar-refractivity contribution is 5.76. The molecule has 0 aliphatic carbocycles. The average Bonchev–Trinajstić information content (AvgIpc) is 3.00. The second kappa shape index (κ2) is 26.2. The maximum atomic E-state index is 12.7. The molecule has 1 saturated heterocycles. The van der Waals surface area contributed by atoms with Crippen molar-refractivity contribution in [3.63, 3.8) is 0 Å². The van der Waals surface area contributed by atoms with Crippen LogP contribution < -0.4 is 5.32 Å². The van der Waals surface area contributed by atoms with E-state index in [9.17, 15) is 30.3 Å². The van der Waals surface area contributed by atoms with Crippen LogP contribution in [0.25, 0.3) is 0 Å². The molecule has 0 radical (unpaired) electrons. The quantitative estimate of drug-likeness (QED) is 0.0556. The van der Waals surface area contributed by atoms with Gasteiger partial charge in [0.25, 0.3) is 0 Å². The van der Waals surface area contributed by atoms with Crippen molar-refractivity contribution in [2.24, 2.45) is 0 Å². The van der Waals surface area contributed by atoms with Crippen LogP contribution in [-0.2, 0) is 14.3 Å². The number of hydrogen-bond acceptors (Lipinski definition) is 8. The highest BCUT2D eigenvalue weighted by Crippen LogP contribution is 2.22. The second-order valence-corrected chi connectivity index (χ2v) is 12.3. The summed E-state index contributed by atoms with van der Waals surface area (Å²) >= 11 is 0. The Bertz CT molecular complexity index is 691. The van der Waals surface area contributed by atoms with Crippen molar-refractivity contribution in [2.75, 3.05) is 13.2 Å². The molecule has 254 valence electrons. The Morgan fingerprint density at radius 3 is 1.88 bits per heavy atom. The van der Waals surface area contributed by atoms with E-state index in [-0.39, 0.29) is 12.5 Å². The van der Waals surface area contributed by atoms with Crippen LogP contribution in [0, 0.1) is 0 Å². The molecule has 1 aliphatic heterocycles. The van der Waals surface area contributed by atoms with Crippen molar-refractivity contribution in [1.29, 1.82) is 0 Å². The van der Waals surface area contributed by atoms with Crippen molar-refractivity contribution >= 4 is 5.91 Å². The maximum absolute atomic E-state index is 12.7. The normalized spacial score (nSPS) is 23.9. The number of rotatable bonds is 27. The number of aliphatic hydroxyl groups is 5. The molecule has 1 amide bonds. The summed E-state index contributed by atoms with van der Waals surface area (Å²) in [5.41, 5.74) is 0. The minimum absolute atomic E-state index is 0.143. The van der Waals surface area contributed by atoms with Gasteiger partial charge >= 0.3 is 0 Å². The smallest absolute Gasteiger partial charge is 0.220 e. The third-order valence-corrected chi connectivity index (χ3v) is 8.37. The molecule has 1 aliphatic rings. The third kappa shape index (κ3) is 18.5. The Balaban J connectivity index is 2.32. The van der Waals surface area contributed by atoms with Crippen LogP contribution in [-0.4, -0.2) is 87.5 Å². The predicted octanol–water partition coefficient (Wildman–Crippen LogP) is 5.05. The fourth-order valence-electron chi connectivity index (χ4n) is 5.45. The Labute approximate surface area is 261 Å². The lowest BCUT2D eigenvalue weighted by atomic mass is 9.99. The molecule has 1 heterocycles. The van der Waals surface area contributed by atoms with Gasteiger partial charge in [-0.05, 0) is 38.5 Å². The molecule has 1 rings (SSSR count). The second-order valence-electron chi connectivity index (χ2n) is 12.3. The molecule has 7 atom stereocenters. The van der Waals surface area contributed by atoms with Gasteiger partial charge in [0, 0.05) is 6.42 Å². The van der Waals surface area contributed by atoms with E-state index in [1.165, 1.54) is 57.8 Å². The van der Waals surface area contributed by atoms with E-state index in [1.807, 2.05) is 0 Å². The number of allylic oxidation sites excluding steroid dienone is 2. The van der Waals surface area contributed by atoms with Crippen LogP contribution in [0.2, 0.25) is 0 Å². The van der Waals surface area contributed by atoms with Crippen molar-refractivity contribution in [3.05, 3.63) is 12.2 Å². The highest BCUT2D eigenvalue weighted by atomic mass is 16.7. The van der Waals surface area contributed by atoms with E-state index in [1.54, 1.807) is 0 Å². The zero-order chi connectivity index (χ0) is 31.7. The summed E-state index contributed by atoms with van der Waals surface area (Å²) < 4.78 is 11.1. The van der Waals surface area contributed by atoms with Gasteiger partial charge in [0.1, 0.15) is 24.4 Å². The monoisotopic (exact) mass is 615 g/mol. The number of ether oxygens (including phenoxy) is 2. The van der Waals surface area contributed by atoms with E-state index in [0.717, 1.165) is 57.8 Å². The summed E-state index contributed by atoms with van der Waals surface area (Å²) in [7, 11) is 0. The molecule has 0 aromatic heterocycles. The van der Waals surface area contributed by atoms with Crippen molar-refractivity contribution in [2.45, 2.75) is 185 Å². The maximum Gasteiger partial charge on any atom is 0.220 e. The van der Waals surface area contributed by atoms with Crippen LogP contribution in [0.15, 0.2) is 12.2 Å². The van der Waals surface area contributed by atoms with Gasteiger partial charge in [-0.25, -0.2) is 0 Å². The molecule has 7 unspecified atom stereocenters. The summed E-state index contributed by atoms with van der Waals surface area (Å²) in [6.07, 6.45) is 18.5. The highest BCUT2D eigenvalue weighted by Gasteiger charge is 2.44. The molecule has 0 aromatic carbocycles. The SMILES string of the molecule is CCCCCCCCC/C=C\CCCCCCCC(=O)NC(COC1OC(CO)C(O)C(O)C1O)C(O)CCCCCC. The number of carbonyl (C=O) groups excluding carboxylic acids is 1. The van der Waals surface area contributed by atoms with Crippen LogP contribution in [0.5, 0.6) is 0 Å². The lowest BCUT2D eigenvalue weighted by Gasteiger charge is -2.40. The fraction of sp³-hybridized carbons (Fsp3) is 0.912. The van der Waals surface area contributed by atoms with Crippen LogP contribution in [0.3, 0.4) is 0 Å². The molecule has 0 aromatic rings. The van der Waals surface area contributed by atoms with Gasteiger partial charge in [-0.2, -0.15) is 0 Å². The molecule has 43 heavy (non-hydrogen) atoms. The topological polar surface area (TPSA) is 149 Å². The number of aliphatic hydroxyl groups excluding tert-OH is 5. The van der Waals surface area contributed by atoms with Crippen LogP contribution >= 0.6 is 0 Å². The van der Waals surface area contributed by atoms with Crippen LogP contribution in [0.4, 0.5) is 0 Å². The number of carbonyl (C=O) groups is 1. The lowest BCUT2D eigenvalue weighted by Crippen LogP contribution is -2.60. The first-order valence-electron chi connectivity index (χ1n) is 17.4. The van der Waals surface area contributed by atoms with Crippen molar-refractivity contribution in [3.8, 4) is 0 Å². The van der Waals surface area contributed by atoms with Gasteiger partial charge in [-0.15, -0.1) is 0 Å². The van der Waals surface area contributed by atoms with E-state index in [0.29, 0.717) is 12.8 Å². The number of unbranched alkanes of at least 4 members (excludes halogenated alkanes) is 15. The number of amides is 1. The predicted molar refractivity (Wildman–Crippen MR) is 170 cm³/mol. The first kappa shape index (κ1) is 40.0.